The molecule has 1 aliphatic heterocycles. The summed E-state index contributed by atoms with van der Waals surface area (Å²) in [5, 5.41) is 40.5. The summed E-state index contributed by atoms with van der Waals surface area (Å²) in [6, 6.07) is 6.17. The van der Waals surface area contributed by atoms with Crippen LogP contribution in [-0.2, 0) is 23.8 Å². The van der Waals surface area contributed by atoms with E-state index in [0.29, 0.717) is 11.1 Å². The summed E-state index contributed by atoms with van der Waals surface area (Å²) >= 11 is 0. The lowest BCUT2D eigenvalue weighted by Gasteiger charge is -2.39. The Morgan fingerprint density at radius 3 is 2.52 bits per heavy atom. The quantitative estimate of drug-likeness (QED) is 0.334. The van der Waals surface area contributed by atoms with Gasteiger partial charge in [-0.3, -0.25) is 4.79 Å². The predicted molar refractivity (Wildman–Crippen MR) is 116 cm³/mol. The summed E-state index contributed by atoms with van der Waals surface area (Å²) in [5.41, 5.74) is -0.857. The van der Waals surface area contributed by atoms with E-state index in [1.807, 2.05) is 13.8 Å². The molecule has 2 aliphatic rings. The number of benzene rings is 1. The Hall–Kier alpha value is -2.88. The monoisotopic (exact) mass is 462 g/mol. The van der Waals surface area contributed by atoms with Crippen molar-refractivity contribution in [1.29, 1.82) is 0 Å². The minimum Gasteiger partial charge on any atom is -0.508 e. The number of hydrogen-bond acceptors (Lipinski definition) is 9. The molecule has 1 saturated carbocycles. The zero-order chi connectivity index (χ0) is 24.2. The molecule has 180 valence electrons. The van der Waals surface area contributed by atoms with Crippen LogP contribution >= 0.6 is 0 Å². The molecule has 1 fully saturated rings. The molecule has 33 heavy (non-hydrogen) atoms. The predicted octanol–water partition coefficient (Wildman–Crippen LogP) is 1.50. The molecule has 9 nitrogen and oxygen atoms in total. The summed E-state index contributed by atoms with van der Waals surface area (Å²) in [4.78, 5) is 24.7. The van der Waals surface area contributed by atoms with Crippen molar-refractivity contribution in [1.82, 2.24) is 0 Å². The van der Waals surface area contributed by atoms with Gasteiger partial charge in [0.1, 0.15) is 17.5 Å². The van der Waals surface area contributed by atoms with Gasteiger partial charge in [0, 0.05) is 18.4 Å². The number of aliphatic hydroxyl groups is 3. The van der Waals surface area contributed by atoms with E-state index in [1.165, 1.54) is 30.5 Å². The Morgan fingerprint density at radius 1 is 1.21 bits per heavy atom. The van der Waals surface area contributed by atoms with Gasteiger partial charge < -0.3 is 34.6 Å². The van der Waals surface area contributed by atoms with Crippen molar-refractivity contribution in [3.8, 4) is 5.75 Å². The van der Waals surface area contributed by atoms with Crippen molar-refractivity contribution in [2.75, 3.05) is 13.2 Å². The molecule has 0 saturated heterocycles. The fourth-order valence-electron chi connectivity index (χ4n) is 4.33. The number of esters is 2. The average molecular weight is 462 g/mol. The zero-order valence-electron chi connectivity index (χ0n) is 18.6. The second-order valence-corrected chi connectivity index (χ2v) is 8.81. The van der Waals surface area contributed by atoms with Crippen molar-refractivity contribution in [2.24, 2.45) is 17.8 Å². The largest absolute Gasteiger partial charge is 0.508 e. The first-order chi connectivity index (χ1) is 15.7. The van der Waals surface area contributed by atoms with E-state index < -0.39 is 48.4 Å². The lowest BCUT2D eigenvalue weighted by atomic mass is 9.80. The van der Waals surface area contributed by atoms with Crippen LogP contribution in [-0.4, -0.2) is 63.6 Å². The third-order valence-electron chi connectivity index (χ3n) is 5.98. The van der Waals surface area contributed by atoms with Gasteiger partial charge in [-0.25, -0.2) is 4.79 Å². The van der Waals surface area contributed by atoms with Crippen LogP contribution in [0.4, 0.5) is 0 Å². The number of carbonyl (C=O) groups excluding carboxylic acids is 2. The van der Waals surface area contributed by atoms with Gasteiger partial charge in [0.25, 0.3) is 0 Å². The third-order valence-corrected chi connectivity index (χ3v) is 5.98. The van der Waals surface area contributed by atoms with E-state index in [0.717, 1.165) is 0 Å². The topological polar surface area (TPSA) is 143 Å². The molecular formula is C24H30O9. The Balaban J connectivity index is 1.78. The van der Waals surface area contributed by atoms with Gasteiger partial charge in [-0.2, -0.15) is 0 Å². The molecule has 1 aliphatic carbocycles. The Kier molecular flexibility index (Phi) is 7.78. The fraction of sp³-hybridized carbons (Fsp3) is 0.500. The molecule has 1 aromatic rings. The van der Waals surface area contributed by atoms with E-state index in [9.17, 15) is 30.0 Å². The maximum atomic E-state index is 12.4. The smallest absolute Gasteiger partial charge is 0.331 e. The molecule has 0 amide bonds. The molecule has 0 aromatic heterocycles. The highest BCUT2D eigenvalue weighted by molar-refractivity contribution is 5.87. The van der Waals surface area contributed by atoms with Crippen LogP contribution in [0.1, 0.15) is 32.3 Å². The van der Waals surface area contributed by atoms with Crippen LogP contribution in [0, 0.1) is 17.8 Å². The summed E-state index contributed by atoms with van der Waals surface area (Å²) in [7, 11) is 0. The molecule has 0 radical (unpaired) electrons. The summed E-state index contributed by atoms with van der Waals surface area (Å²) < 4.78 is 16.4. The van der Waals surface area contributed by atoms with Gasteiger partial charge >= 0.3 is 11.9 Å². The van der Waals surface area contributed by atoms with Crippen molar-refractivity contribution < 1.29 is 44.2 Å². The molecule has 9 heteroatoms. The maximum absolute atomic E-state index is 12.4. The fourth-order valence-corrected chi connectivity index (χ4v) is 4.33. The highest BCUT2D eigenvalue weighted by Gasteiger charge is 2.62. The Morgan fingerprint density at radius 2 is 1.91 bits per heavy atom. The lowest BCUT2D eigenvalue weighted by molar-refractivity contribution is -0.221. The second-order valence-electron chi connectivity index (χ2n) is 8.81. The Bertz CT molecular complexity index is 905. The standard InChI is InChI=1S/C24H30O9/c1-14(2)9-21(29)33-23-22-18(16(11-25)12-31-23)10-19(24(22,30)13-26)32-20(28)8-5-15-3-6-17(27)7-4-15/h3-8,12,14,18-19,22-23,25-27,30H,9-11,13H2,1-2H3/b8-5-/t18-,19+,22-,23+,24-/m0/s1. The number of carbonyl (C=O) groups is 2. The molecule has 1 heterocycles. The van der Waals surface area contributed by atoms with Crippen molar-refractivity contribution >= 4 is 18.0 Å². The first-order valence-corrected chi connectivity index (χ1v) is 10.8. The number of fused-ring (bicyclic) bond motifs is 1. The van der Waals surface area contributed by atoms with Crippen molar-refractivity contribution in [3.05, 3.63) is 47.7 Å². The van der Waals surface area contributed by atoms with Crippen molar-refractivity contribution in [3.63, 3.8) is 0 Å². The molecule has 1 aromatic carbocycles. The van der Waals surface area contributed by atoms with Crippen LogP contribution in [0.3, 0.4) is 0 Å². The number of phenols is 1. The summed E-state index contributed by atoms with van der Waals surface area (Å²) in [5.74, 6) is -2.60. The molecule has 0 spiro atoms. The third kappa shape index (κ3) is 5.55. The summed E-state index contributed by atoms with van der Waals surface area (Å²) in [6.45, 7) is 2.58. The minimum atomic E-state index is -1.95. The van der Waals surface area contributed by atoms with Gasteiger partial charge in [-0.1, -0.05) is 26.0 Å². The lowest BCUT2D eigenvalue weighted by Crippen LogP contribution is -2.54. The molecule has 4 N–H and O–H groups in total. The van der Waals surface area contributed by atoms with Crippen LogP contribution in [0.25, 0.3) is 6.08 Å². The van der Waals surface area contributed by atoms with Crippen LogP contribution < -0.4 is 0 Å². The van der Waals surface area contributed by atoms with Gasteiger partial charge in [0.15, 0.2) is 0 Å². The first kappa shape index (κ1) is 24.8. The van der Waals surface area contributed by atoms with E-state index in [2.05, 4.69) is 0 Å². The van der Waals surface area contributed by atoms with Gasteiger partial charge in [0.05, 0.1) is 25.4 Å². The molecule has 0 unspecified atom stereocenters. The van der Waals surface area contributed by atoms with E-state index in [1.54, 1.807) is 12.1 Å². The van der Waals surface area contributed by atoms with Crippen LogP contribution in [0.15, 0.2) is 42.2 Å². The van der Waals surface area contributed by atoms with Crippen molar-refractivity contribution in [2.45, 2.75) is 44.7 Å². The number of rotatable bonds is 8. The Labute approximate surface area is 191 Å². The van der Waals surface area contributed by atoms with E-state index in [4.69, 9.17) is 14.2 Å². The average Bonchev–Trinajstić information content (AvgIpc) is 3.06. The highest BCUT2D eigenvalue weighted by Crippen LogP contribution is 2.50. The number of hydrogen-bond donors (Lipinski definition) is 4. The maximum Gasteiger partial charge on any atom is 0.331 e. The van der Waals surface area contributed by atoms with Crippen LogP contribution in [0.5, 0.6) is 5.75 Å². The SMILES string of the molecule is CC(C)CC(=O)O[C@H]1OC=C(CO)[C@@H]2C[C@@H](OC(=O)/C=C\c3ccc(O)cc3)[C@@](O)(CO)[C@H]12. The molecular weight excluding hydrogens is 432 g/mol. The van der Waals surface area contributed by atoms with E-state index in [-0.39, 0.29) is 31.1 Å². The van der Waals surface area contributed by atoms with Gasteiger partial charge in [-0.15, -0.1) is 0 Å². The van der Waals surface area contributed by atoms with Gasteiger partial charge in [0.2, 0.25) is 6.29 Å². The first-order valence-electron chi connectivity index (χ1n) is 10.8. The number of aromatic hydroxyl groups is 1. The second kappa shape index (κ2) is 10.4. The number of phenolic OH excluding ortho intramolecular Hbond substituents is 1. The van der Waals surface area contributed by atoms with E-state index >= 15 is 0 Å². The highest BCUT2D eigenvalue weighted by atomic mass is 16.7. The zero-order valence-corrected chi connectivity index (χ0v) is 18.6. The minimum absolute atomic E-state index is 0.0507. The van der Waals surface area contributed by atoms with Crippen LogP contribution in [0.2, 0.25) is 0 Å². The molecule has 5 atom stereocenters. The molecule has 0 bridgehead atoms. The summed E-state index contributed by atoms with van der Waals surface area (Å²) in [6.07, 6.45) is 1.87. The number of aliphatic hydroxyl groups excluding tert-OH is 2. The molecule has 3 rings (SSSR count). The number of ether oxygens (including phenoxy) is 3. The normalized spacial score (nSPS) is 28.8. The van der Waals surface area contributed by atoms with Gasteiger partial charge in [-0.05, 0) is 41.7 Å².